The van der Waals surface area contributed by atoms with E-state index in [1.807, 2.05) is 41.1 Å². The standard InChI is InChI=1S/C18H13N3O/c22-16-5-1-13(2-6-16)17-7-3-14-11-15(4-8-18(14)20-17)21-10-9-19-12-21/h1-12,22H. The molecule has 106 valence electrons. The average Bonchev–Trinajstić information content (AvgIpc) is 3.09. The number of aromatic hydroxyl groups is 1. The number of imidazole rings is 1. The van der Waals surface area contributed by atoms with Gasteiger partial charge >= 0.3 is 0 Å². The molecule has 0 atom stereocenters. The van der Waals surface area contributed by atoms with E-state index in [4.69, 9.17) is 4.98 Å². The molecule has 0 saturated carbocycles. The zero-order chi connectivity index (χ0) is 14.9. The lowest BCUT2D eigenvalue weighted by molar-refractivity contribution is 0.475. The summed E-state index contributed by atoms with van der Waals surface area (Å²) < 4.78 is 1.97. The number of nitrogens with zero attached hydrogens (tertiary/aromatic N) is 3. The predicted molar refractivity (Wildman–Crippen MR) is 86.0 cm³/mol. The maximum absolute atomic E-state index is 9.37. The number of phenols is 1. The number of aromatic nitrogens is 3. The largest absolute Gasteiger partial charge is 0.508 e. The van der Waals surface area contributed by atoms with Gasteiger partial charge in [0.25, 0.3) is 0 Å². The third-order valence-electron chi connectivity index (χ3n) is 3.64. The Hall–Kier alpha value is -3.14. The first-order valence-corrected chi connectivity index (χ1v) is 6.98. The van der Waals surface area contributed by atoms with Crippen LogP contribution in [0.1, 0.15) is 0 Å². The first kappa shape index (κ1) is 12.6. The molecule has 0 aliphatic rings. The molecule has 0 aliphatic heterocycles. The summed E-state index contributed by atoms with van der Waals surface area (Å²) in [5.74, 6) is 0.259. The Labute approximate surface area is 127 Å². The second-order valence-electron chi connectivity index (χ2n) is 5.09. The van der Waals surface area contributed by atoms with Crippen LogP contribution in [-0.4, -0.2) is 19.6 Å². The van der Waals surface area contributed by atoms with E-state index in [0.29, 0.717) is 0 Å². The molecule has 0 bridgehead atoms. The summed E-state index contributed by atoms with van der Waals surface area (Å²) in [6.45, 7) is 0. The highest BCUT2D eigenvalue weighted by atomic mass is 16.3. The highest BCUT2D eigenvalue weighted by molar-refractivity contribution is 5.83. The molecule has 4 nitrogen and oxygen atoms in total. The number of rotatable bonds is 2. The van der Waals surface area contributed by atoms with Crippen LogP contribution in [0.2, 0.25) is 0 Å². The van der Waals surface area contributed by atoms with Crippen LogP contribution in [-0.2, 0) is 0 Å². The Balaban J connectivity index is 1.78. The molecule has 4 rings (SSSR count). The summed E-state index contributed by atoms with van der Waals surface area (Å²) >= 11 is 0. The number of pyridine rings is 1. The van der Waals surface area contributed by atoms with Gasteiger partial charge in [-0.1, -0.05) is 6.07 Å². The fourth-order valence-corrected chi connectivity index (χ4v) is 2.48. The second-order valence-corrected chi connectivity index (χ2v) is 5.09. The van der Waals surface area contributed by atoms with Gasteiger partial charge in [-0.15, -0.1) is 0 Å². The monoisotopic (exact) mass is 287 g/mol. The molecule has 0 amide bonds. The minimum Gasteiger partial charge on any atom is -0.508 e. The minimum absolute atomic E-state index is 0.259. The highest BCUT2D eigenvalue weighted by Gasteiger charge is 2.03. The Kier molecular flexibility index (Phi) is 2.86. The molecule has 2 heterocycles. The van der Waals surface area contributed by atoms with Crippen molar-refractivity contribution in [1.29, 1.82) is 0 Å². The van der Waals surface area contributed by atoms with Crippen LogP contribution in [0.25, 0.3) is 27.8 Å². The molecule has 4 aromatic rings. The van der Waals surface area contributed by atoms with Crippen LogP contribution < -0.4 is 0 Å². The molecule has 0 spiro atoms. The van der Waals surface area contributed by atoms with Gasteiger partial charge in [0.05, 0.1) is 17.5 Å². The number of hydrogen-bond donors (Lipinski definition) is 1. The Bertz CT molecular complexity index is 928. The third kappa shape index (κ3) is 2.20. The molecule has 0 radical (unpaired) electrons. The number of fused-ring (bicyclic) bond motifs is 1. The minimum atomic E-state index is 0.259. The van der Waals surface area contributed by atoms with E-state index < -0.39 is 0 Å². The van der Waals surface area contributed by atoms with Crippen molar-refractivity contribution in [3.8, 4) is 22.7 Å². The number of phenolic OH excluding ortho intramolecular Hbond substituents is 1. The maximum atomic E-state index is 9.37. The van der Waals surface area contributed by atoms with Gasteiger partial charge in [0.15, 0.2) is 0 Å². The van der Waals surface area contributed by atoms with Crippen molar-refractivity contribution >= 4 is 10.9 Å². The Morgan fingerprint density at radius 3 is 2.55 bits per heavy atom. The molecule has 4 heteroatoms. The van der Waals surface area contributed by atoms with Gasteiger partial charge in [0.2, 0.25) is 0 Å². The van der Waals surface area contributed by atoms with Crippen molar-refractivity contribution in [3.05, 3.63) is 73.3 Å². The normalized spacial score (nSPS) is 10.9. The first-order valence-electron chi connectivity index (χ1n) is 6.98. The predicted octanol–water partition coefficient (Wildman–Crippen LogP) is 3.79. The first-order chi connectivity index (χ1) is 10.8. The molecule has 0 aliphatic carbocycles. The fraction of sp³-hybridized carbons (Fsp3) is 0. The molecule has 1 N–H and O–H groups in total. The van der Waals surface area contributed by atoms with Crippen molar-refractivity contribution in [2.75, 3.05) is 0 Å². The molecule has 0 saturated heterocycles. The van der Waals surface area contributed by atoms with Crippen LogP contribution in [0.5, 0.6) is 5.75 Å². The topological polar surface area (TPSA) is 50.9 Å². The van der Waals surface area contributed by atoms with E-state index in [1.54, 1.807) is 24.7 Å². The summed E-state index contributed by atoms with van der Waals surface area (Å²) in [6.07, 6.45) is 5.45. The van der Waals surface area contributed by atoms with Gasteiger partial charge in [-0.25, -0.2) is 9.97 Å². The number of benzene rings is 2. The summed E-state index contributed by atoms with van der Waals surface area (Å²) in [5.41, 5.74) is 3.87. The van der Waals surface area contributed by atoms with Crippen molar-refractivity contribution < 1.29 is 5.11 Å². The Morgan fingerprint density at radius 2 is 1.77 bits per heavy atom. The average molecular weight is 287 g/mol. The summed E-state index contributed by atoms with van der Waals surface area (Å²) in [5, 5.41) is 10.4. The van der Waals surface area contributed by atoms with Crippen LogP contribution in [0, 0.1) is 0 Å². The quantitative estimate of drug-likeness (QED) is 0.610. The van der Waals surface area contributed by atoms with Crippen molar-refractivity contribution in [1.82, 2.24) is 14.5 Å². The number of hydrogen-bond acceptors (Lipinski definition) is 3. The lowest BCUT2D eigenvalue weighted by Crippen LogP contribution is -1.91. The third-order valence-corrected chi connectivity index (χ3v) is 3.64. The molecule has 2 aromatic heterocycles. The van der Waals surface area contributed by atoms with Gasteiger partial charge in [-0.2, -0.15) is 0 Å². The second kappa shape index (κ2) is 5.00. The summed E-state index contributed by atoms with van der Waals surface area (Å²) in [4.78, 5) is 8.76. The van der Waals surface area contributed by atoms with E-state index >= 15 is 0 Å². The van der Waals surface area contributed by atoms with E-state index in [2.05, 4.69) is 17.1 Å². The smallest absolute Gasteiger partial charge is 0.115 e. The van der Waals surface area contributed by atoms with Gasteiger partial charge in [0, 0.05) is 29.0 Å². The molecular formula is C18H13N3O. The van der Waals surface area contributed by atoms with Crippen molar-refractivity contribution in [2.24, 2.45) is 0 Å². The lowest BCUT2D eigenvalue weighted by atomic mass is 10.1. The molecule has 0 unspecified atom stereocenters. The zero-order valence-corrected chi connectivity index (χ0v) is 11.7. The van der Waals surface area contributed by atoms with Gasteiger partial charge in [-0.05, 0) is 48.5 Å². The fourth-order valence-electron chi connectivity index (χ4n) is 2.48. The molecule has 0 fully saturated rings. The van der Waals surface area contributed by atoms with Crippen molar-refractivity contribution in [2.45, 2.75) is 0 Å². The van der Waals surface area contributed by atoms with Gasteiger partial charge in [-0.3, -0.25) is 0 Å². The van der Waals surface area contributed by atoms with E-state index in [-0.39, 0.29) is 5.75 Å². The molecule has 2 aromatic carbocycles. The van der Waals surface area contributed by atoms with Crippen LogP contribution in [0.4, 0.5) is 0 Å². The van der Waals surface area contributed by atoms with Crippen molar-refractivity contribution in [3.63, 3.8) is 0 Å². The zero-order valence-electron chi connectivity index (χ0n) is 11.7. The summed E-state index contributed by atoms with van der Waals surface area (Å²) in [7, 11) is 0. The Morgan fingerprint density at radius 1 is 0.909 bits per heavy atom. The maximum Gasteiger partial charge on any atom is 0.115 e. The lowest BCUT2D eigenvalue weighted by Gasteiger charge is -2.06. The SMILES string of the molecule is Oc1ccc(-c2ccc3cc(-n4ccnc4)ccc3n2)cc1. The van der Waals surface area contributed by atoms with Gasteiger partial charge < -0.3 is 9.67 Å². The van der Waals surface area contributed by atoms with Crippen LogP contribution in [0.3, 0.4) is 0 Å². The van der Waals surface area contributed by atoms with Crippen LogP contribution >= 0.6 is 0 Å². The van der Waals surface area contributed by atoms with Crippen LogP contribution in [0.15, 0.2) is 73.3 Å². The molecule has 22 heavy (non-hydrogen) atoms. The van der Waals surface area contributed by atoms with E-state index in [0.717, 1.165) is 27.8 Å². The highest BCUT2D eigenvalue weighted by Crippen LogP contribution is 2.24. The molecular weight excluding hydrogens is 274 g/mol. The summed E-state index contributed by atoms with van der Waals surface area (Å²) in [6, 6.07) is 17.2. The van der Waals surface area contributed by atoms with E-state index in [1.165, 1.54) is 0 Å². The van der Waals surface area contributed by atoms with Gasteiger partial charge in [0.1, 0.15) is 5.75 Å². The van der Waals surface area contributed by atoms with E-state index in [9.17, 15) is 5.11 Å².